The second-order valence-electron chi connectivity index (χ2n) is 4.92. The van der Waals surface area contributed by atoms with Gasteiger partial charge in [0.2, 0.25) is 0 Å². The Morgan fingerprint density at radius 3 is 2.21 bits per heavy atom. The van der Waals surface area contributed by atoms with Crippen LogP contribution in [0.5, 0.6) is 0 Å². The minimum atomic E-state index is -0.474. The van der Waals surface area contributed by atoms with E-state index in [4.69, 9.17) is 4.74 Å². The topological polar surface area (TPSA) is 29.5 Å². The van der Waals surface area contributed by atoms with Gasteiger partial charge < -0.3 is 9.84 Å². The molecule has 2 rings (SSSR count). The molecule has 0 aliphatic heterocycles. The molecule has 2 aliphatic carbocycles. The Morgan fingerprint density at radius 1 is 1.00 bits per heavy atom. The maximum absolute atomic E-state index is 9.79. The molecule has 0 aromatic heterocycles. The fourth-order valence-electron chi connectivity index (χ4n) is 2.79. The third-order valence-electron chi connectivity index (χ3n) is 3.78. The lowest BCUT2D eigenvalue weighted by Gasteiger charge is -2.20. The number of ether oxygens (including phenoxy) is 1. The summed E-state index contributed by atoms with van der Waals surface area (Å²) in [5.41, 5.74) is 0. The maximum atomic E-state index is 9.79. The van der Waals surface area contributed by atoms with Gasteiger partial charge in [0.05, 0.1) is 6.61 Å². The number of rotatable bonds is 4. The largest absolute Gasteiger partial charge is 0.368 e. The summed E-state index contributed by atoms with van der Waals surface area (Å²) in [5.74, 6) is 1.16. The summed E-state index contributed by atoms with van der Waals surface area (Å²) in [4.78, 5) is 0. The molecule has 0 spiro atoms. The zero-order valence-corrected chi connectivity index (χ0v) is 8.95. The van der Waals surface area contributed by atoms with E-state index < -0.39 is 6.29 Å². The van der Waals surface area contributed by atoms with E-state index >= 15 is 0 Å². The van der Waals surface area contributed by atoms with Crippen LogP contribution in [0.25, 0.3) is 0 Å². The van der Waals surface area contributed by atoms with E-state index in [1.54, 1.807) is 0 Å². The number of aliphatic hydroxyl groups excluding tert-OH is 1. The number of hydrogen-bond acceptors (Lipinski definition) is 2. The number of aliphatic hydroxyl groups is 1. The standard InChI is InChI=1S/C12H22O2/c13-12(11-7-3-4-8-11)14-9-10-5-1-2-6-10/h10-13H,1-9H2. The molecule has 0 radical (unpaired) electrons. The first-order valence-corrected chi connectivity index (χ1v) is 6.16. The van der Waals surface area contributed by atoms with Gasteiger partial charge in [-0.05, 0) is 31.6 Å². The van der Waals surface area contributed by atoms with E-state index in [2.05, 4.69) is 0 Å². The molecule has 14 heavy (non-hydrogen) atoms. The van der Waals surface area contributed by atoms with E-state index in [9.17, 15) is 5.11 Å². The second-order valence-corrected chi connectivity index (χ2v) is 4.92. The van der Waals surface area contributed by atoms with Crippen molar-refractivity contribution in [2.75, 3.05) is 6.61 Å². The Morgan fingerprint density at radius 2 is 1.57 bits per heavy atom. The van der Waals surface area contributed by atoms with Gasteiger partial charge in [-0.3, -0.25) is 0 Å². The van der Waals surface area contributed by atoms with Crippen molar-refractivity contribution in [2.24, 2.45) is 11.8 Å². The molecule has 0 bridgehead atoms. The molecule has 2 heteroatoms. The van der Waals surface area contributed by atoms with E-state index in [1.165, 1.54) is 38.5 Å². The molecule has 82 valence electrons. The van der Waals surface area contributed by atoms with Crippen molar-refractivity contribution in [3.05, 3.63) is 0 Å². The Labute approximate surface area is 86.6 Å². The van der Waals surface area contributed by atoms with Crippen LogP contribution in [0.1, 0.15) is 51.4 Å². The van der Waals surface area contributed by atoms with Gasteiger partial charge in [0.15, 0.2) is 6.29 Å². The van der Waals surface area contributed by atoms with Crippen LogP contribution >= 0.6 is 0 Å². The molecule has 0 amide bonds. The predicted molar refractivity (Wildman–Crippen MR) is 55.9 cm³/mol. The summed E-state index contributed by atoms with van der Waals surface area (Å²) in [6.07, 6.45) is 9.70. The summed E-state index contributed by atoms with van der Waals surface area (Å²) >= 11 is 0. The first-order chi connectivity index (χ1) is 6.86. The Bertz CT molecular complexity index is 158. The van der Waals surface area contributed by atoms with Crippen LogP contribution in [0.2, 0.25) is 0 Å². The Kier molecular flexibility index (Phi) is 3.82. The van der Waals surface area contributed by atoms with Crippen molar-refractivity contribution in [1.82, 2.24) is 0 Å². The van der Waals surface area contributed by atoms with Crippen LogP contribution in [0.4, 0.5) is 0 Å². The monoisotopic (exact) mass is 198 g/mol. The van der Waals surface area contributed by atoms with Crippen LogP contribution < -0.4 is 0 Å². The lowest BCUT2D eigenvalue weighted by molar-refractivity contribution is -0.140. The van der Waals surface area contributed by atoms with Gasteiger partial charge in [-0.2, -0.15) is 0 Å². The van der Waals surface area contributed by atoms with Crippen molar-refractivity contribution in [3.8, 4) is 0 Å². The molecule has 0 aromatic rings. The SMILES string of the molecule is OC(OCC1CCCC1)C1CCCC1. The van der Waals surface area contributed by atoms with Crippen LogP contribution in [-0.4, -0.2) is 18.0 Å². The molecule has 2 fully saturated rings. The molecule has 0 aromatic carbocycles. The zero-order valence-electron chi connectivity index (χ0n) is 8.95. The lowest BCUT2D eigenvalue weighted by Crippen LogP contribution is -2.23. The zero-order chi connectivity index (χ0) is 9.80. The maximum Gasteiger partial charge on any atom is 0.157 e. The van der Waals surface area contributed by atoms with Gasteiger partial charge in [-0.25, -0.2) is 0 Å². The highest BCUT2D eigenvalue weighted by molar-refractivity contribution is 4.71. The summed E-state index contributed by atoms with van der Waals surface area (Å²) < 4.78 is 5.57. The summed E-state index contributed by atoms with van der Waals surface area (Å²) in [6.45, 7) is 0.789. The van der Waals surface area contributed by atoms with Crippen LogP contribution in [0.3, 0.4) is 0 Å². The van der Waals surface area contributed by atoms with Gasteiger partial charge in [0.25, 0.3) is 0 Å². The average Bonchev–Trinajstić information content (AvgIpc) is 2.87. The third-order valence-corrected chi connectivity index (χ3v) is 3.78. The molecule has 2 saturated carbocycles. The van der Waals surface area contributed by atoms with Gasteiger partial charge in [-0.1, -0.05) is 25.7 Å². The summed E-state index contributed by atoms with van der Waals surface area (Å²) in [7, 11) is 0. The summed E-state index contributed by atoms with van der Waals surface area (Å²) in [6, 6.07) is 0. The lowest BCUT2D eigenvalue weighted by atomic mass is 10.1. The second kappa shape index (κ2) is 5.13. The minimum absolute atomic E-state index is 0.427. The number of hydrogen-bond donors (Lipinski definition) is 1. The van der Waals surface area contributed by atoms with E-state index in [0.29, 0.717) is 5.92 Å². The Hall–Kier alpha value is -0.0800. The van der Waals surface area contributed by atoms with Gasteiger partial charge >= 0.3 is 0 Å². The molecule has 1 unspecified atom stereocenters. The van der Waals surface area contributed by atoms with Gasteiger partial charge in [-0.15, -0.1) is 0 Å². The molecule has 0 heterocycles. The van der Waals surface area contributed by atoms with Gasteiger partial charge in [0, 0.05) is 5.92 Å². The van der Waals surface area contributed by atoms with Crippen molar-refractivity contribution in [2.45, 2.75) is 57.7 Å². The smallest absolute Gasteiger partial charge is 0.157 e. The van der Waals surface area contributed by atoms with E-state index in [1.807, 2.05) is 0 Å². The molecule has 2 nitrogen and oxygen atoms in total. The fraction of sp³-hybridized carbons (Fsp3) is 1.00. The predicted octanol–water partition coefficient (Wildman–Crippen LogP) is 2.70. The molecular weight excluding hydrogens is 176 g/mol. The normalized spacial score (nSPS) is 27.2. The van der Waals surface area contributed by atoms with Crippen molar-refractivity contribution >= 4 is 0 Å². The first kappa shape index (κ1) is 10.4. The Balaban J connectivity index is 1.63. The highest BCUT2D eigenvalue weighted by atomic mass is 16.6. The average molecular weight is 198 g/mol. The highest BCUT2D eigenvalue weighted by Crippen LogP contribution is 2.30. The van der Waals surface area contributed by atoms with Gasteiger partial charge in [0.1, 0.15) is 0 Å². The van der Waals surface area contributed by atoms with Crippen molar-refractivity contribution in [1.29, 1.82) is 0 Å². The molecule has 1 N–H and O–H groups in total. The van der Waals surface area contributed by atoms with Crippen LogP contribution in [0, 0.1) is 11.8 Å². The quantitative estimate of drug-likeness (QED) is 0.704. The highest BCUT2D eigenvalue weighted by Gasteiger charge is 2.25. The van der Waals surface area contributed by atoms with Crippen molar-refractivity contribution in [3.63, 3.8) is 0 Å². The molecule has 2 aliphatic rings. The van der Waals surface area contributed by atoms with E-state index in [0.717, 1.165) is 25.4 Å². The molecule has 1 atom stereocenters. The first-order valence-electron chi connectivity index (χ1n) is 6.16. The van der Waals surface area contributed by atoms with Crippen molar-refractivity contribution < 1.29 is 9.84 Å². The summed E-state index contributed by atoms with van der Waals surface area (Å²) in [5, 5.41) is 9.79. The third kappa shape index (κ3) is 2.71. The van der Waals surface area contributed by atoms with Crippen LogP contribution in [0.15, 0.2) is 0 Å². The van der Waals surface area contributed by atoms with E-state index in [-0.39, 0.29) is 0 Å². The fourth-order valence-corrected chi connectivity index (χ4v) is 2.79. The minimum Gasteiger partial charge on any atom is -0.368 e. The molecular formula is C12H22O2. The molecule has 0 saturated heterocycles. The van der Waals surface area contributed by atoms with Crippen LogP contribution in [-0.2, 0) is 4.74 Å².